The van der Waals surface area contributed by atoms with Gasteiger partial charge in [0.2, 0.25) is 0 Å². The number of carbonyl (C=O) groups excluding carboxylic acids is 1. The van der Waals surface area contributed by atoms with E-state index in [-0.39, 0.29) is 11.5 Å². The summed E-state index contributed by atoms with van der Waals surface area (Å²) in [5, 5.41) is 10.0. The number of hydrogen-bond acceptors (Lipinski definition) is 2. The van der Waals surface area contributed by atoms with Gasteiger partial charge in [-0.2, -0.15) is 0 Å². The zero-order valence-corrected chi connectivity index (χ0v) is 13.4. The normalized spacial score (nSPS) is 52.7. The van der Waals surface area contributed by atoms with Gasteiger partial charge >= 0.3 is 0 Å². The molecule has 3 fully saturated rings. The van der Waals surface area contributed by atoms with E-state index in [1.54, 1.807) is 5.57 Å². The van der Waals surface area contributed by atoms with Crippen LogP contribution in [0.3, 0.4) is 0 Å². The lowest BCUT2D eigenvalue weighted by atomic mass is 9.49. The molecule has 0 spiro atoms. The summed E-state index contributed by atoms with van der Waals surface area (Å²) in [4.78, 5) is 12.3. The van der Waals surface area contributed by atoms with Crippen molar-refractivity contribution in [1.82, 2.24) is 0 Å². The maximum Gasteiger partial charge on any atom is 0.139 e. The maximum atomic E-state index is 12.3. The van der Waals surface area contributed by atoms with E-state index < -0.39 is 0 Å². The quantitative estimate of drug-likeness (QED) is 0.687. The molecular formula is C19H28O2. The Hall–Kier alpha value is -0.630. The summed E-state index contributed by atoms with van der Waals surface area (Å²) < 4.78 is 0. The minimum Gasteiger partial charge on any atom is -0.393 e. The summed E-state index contributed by atoms with van der Waals surface area (Å²) in [6.07, 6.45) is 10.8. The van der Waals surface area contributed by atoms with E-state index in [0.29, 0.717) is 29.0 Å². The molecule has 2 nitrogen and oxygen atoms in total. The minimum atomic E-state index is -0.0814. The van der Waals surface area contributed by atoms with Gasteiger partial charge in [0, 0.05) is 11.8 Å². The Kier molecular flexibility index (Phi) is 2.96. The molecule has 0 heterocycles. The summed E-state index contributed by atoms with van der Waals surface area (Å²) in [6.45, 7) is 4.67. The molecule has 0 bridgehead atoms. The minimum absolute atomic E-state index is 0.0639. The van der Waals surface area contributed by atoms with Gasteiger partial charge in [-0.15, -0.1) is 0 Å². The molecule has 4 aliphatic rings. The van der Waals surface area contributed by atoms with Crippen LogP contribution in [0.2, 0.25) is 0 Å². The van der Waals surface area contributed by atoms with Crippen LogP contribution in [0, 0.1) is 28.6 Å². The molecule has 1 N–H and O–H groups in total. The Balaban J connectivity index is 1.71. The molecule has 6 atom stereocenters. The van der Waals surface area contributed by atoms with Gasteiger partial charge in [0.25, 0.3) is 0 Å². The first kappa shape index (κ1) is 14.0. The van der Waals surface area contributed by atoms with Crippen molar-refractivity contribution in [2.24, 2.45) is 28.6 Å². The predicted octanol–water partition coefficient (Wildman–Crippen LogP) is 3.88. The molecular weight excluding hydrogens is 260 g/mol. The van der Waals surface area contributed by atoms with E-state index >= 15 is 0 Å². The third-order valence-corrected chi connectivity index (χ3v) is 7.71. The van der Waals surface area contributed by atoms with Gasteiger partial charge < -0.3 is 5.11 Å². The number of allylic oxidation sites excluding steroid dienone is 2. The molecule has 0 aromatic carbocycles. The van der Waals surface area contributed by atoms with E-state index in [0.717, 1.165) is 38.5 Å². The van der Waals surface area contributed by atoms with Crippen molar-refractivity contribution >= 4 is 5.78 Å². The standard InChI is InChI=1S/C19H28O2/c1-18-9-7-13(20)11-12(18)3-4-14-15-5-6-17(21)19(15,2)10-8-16(14)18/h8,12-15,20H,3-7,9-11H2,1-2H3/t12-,13+,14?,15?,18+,19+/m1/s1. The zero-order valence-electron chi connectivity index (χ0n) is 13.4. The molecule has 0 radical (unpaired) electrons. The molecule has 2 unspecified atom stereocenters. The summed E-state index contributed by atoms with van der Waals surface area (Å²) in [6, 6.07) is 0. The molecule has 0 aromatic heterocycles. The van der Waals surface area contributed by atoms with E-state index in [1.165, 1.54) is 12.8 Å². The van der Waals surface area contributed by atoms with Gasteiger partial charge in [-0.1, -0.05) is 25.5 Å². The van der Waals surface area contributed by atoms with Crippen molar-refractivity contribution in [3.05, 3.63) is 11.6 Å². The van der Waals surface area contributed by atoms with Crippen molar-refractivity contribution in [2.45, 2.75) is 71.3 Å². The number of rotatable bonds is 0. The topological polar surface area (TPSA) is 37.3 Å². The lowest BCUT2D eigenvalue weighted by molar-refractivity contribution is -0.127. The van der Waals surface area contributed by atoms with Crippen LogP contribution in [0.4, 0.5) is 0 Å². The van der Waals surface area contributed by atoms with E-state index in [1.807, 2.05) is 0 Å². The molecule has 2 heteroatoms. The van der Waals surface area contributed by atoms with Gasteiger partial charge in [-0.05, 0) is 68.1 Å². The summed E-state index contributed by atoms with van der Waals surface area (Å²) in [5.74, 6) is 2.40. The van der Waals surface area contributed by atoms with Crippen LogP contribution < -0.4 is 0 Å². The second kappa shape index (κ2) is 4.44. The molecule has 0 saturated heterocycles. The first-order valence-electron chi connectivity index (χ1n) is 8.87. The molecule has 21 heavy (non-hydrogen) atoms. The average Bonchev–Trinajstić information content (AvgIpc) is 2.76. The first-order valence-corrected chi connectivity index (χ1v) is 8.87. The second-order valence-electron chi connectivity index (χ2n) is 8.58. The number of fused-ring (bicyclic) bond motifs is 5. The third kappa shape index (κ3) is 1.78. The van der Waals surface area contributed by atoms with Gasteiger partial charge in [-0.3, -0.25) is 4.79 Å². The Bertz CT molecular complexity index is 508. The van der Waals surface area contributed by atoms with Crippen LogP contribution in [-0.4, -0.2) is 17.0 Å². The lowest BCUT2D eigenvalue weighted by Gasteiger charge is -2.55. The van der Waals surface area contributed by atoms with Crippen LogP contribution in [0.1, 0.15) is 65.2 Å². The number of carbonyl (C=O) groups is 1. The molecule has 0 amide bonds. The Labute approximate surface area is 128 Å². The molecule has 3 saturated carbocycles. The number of hydrogen-bond donors (Lipinski definition) is 1. The van der Waals surface area contributed by atoms with Crippen molar-refractivity contribution in [3.63, 3.8) is 0 Å². The Morgan fingerprint density at radius 3 is 2.76 bits per heavy atom. The van der Waals surface area contributed by atoms with Gasteiger partial charge in [-0.25, -0.2) is 0 Å². The van der Waals surface area contributed by atoms with Crippen LogP contribution in [-0.2, 0) is 4.79 Å². The number of Topliss-reactive ketones (excluding diaryl/α,β-unsaturated/α-hetero) is 1. The van der Waals surface area contributed by atoms with Gasteiger partial charge in [0.1, 0.15) is 5.78 Å². The second-order valence-corrected chi connectivity index (χ2v) is 8.58. The highest BCUT2D eigenvalue weighted by Gasteiger charge is 2.56. The predicted molar refractivity (Wildman–Crippen MR) is 82.7 cm³/mol. The van der Waals surface area contributed by atoms with Crippen LogP contribution in [0.25, 0.3) is 0 Å². The smallest absolute Gasteiger partial charge is 0.139 e. The first-order chi connectivity index (χ1) is 9.95. The fourth-order valence-corrected chi connectivity index (χ4v) is 6.29. The van der Waals surface area contributed by atoms with Crippen molar-refractivity contribution in [2.75, 3.05) is 0 Å². The number of aliphatic hydroxyl groups excluding tert-OH is 1. The maximum absolute atomic E-state index is 12.3. The largest absolute Gasteiger partial charge is 0.393 e. The highest BCUT2D eigenvalue weighted by molar-refractivity contribution is 5.87. The molecule has 4 aliphatic carbocycles. The molecule has 4 rings (SSSR count). The van der Waals surface area contributed by atoms with Gasteiger partial charge in [0.15, 0.2) is 0 Å². The number of aliphatic hydroxyl groups is 1. The molecule has 116 valence electrons. The molecule has 0 aromatic rings. The monoisotopic (exact) mass is 288 g/mol. The van der Waals surface area contributed by atoms with Crippen molar-refractivity contribution < 1.29 is 9.90 Å². The highest BCUT2D eigenvalue weighted by atomic mass is 16.3. The fourth-order valence-electron chi connectivity index (χ4n) is 6.29. The van der Waals surface area contributed by atoms with Crippen LogP contribution in [0.15, 0.2) is 11.6 Å². The highest BCUT2D eigenvalue weighted by Crippen LogP contribution is 2.63. The van der Waals surface area contributed by atoms with Gasteiger partial charge in [0.05, 0.1) is 6.10 Å². The van der Waals surface area contributed by atoms with Crippen molar-refractivity contribution in [3.8, 4) is 0 Å². The average molecular weight is 288 g/mol. The van der Waals surface area contributed by atoms with E-state index in [9.17, 15) is 9.90 Å². The Morgan fingerprint density at radius 1 is 1.14 bits per heavy atom. The van der Waals surface area contributed by atoms with Crippen molar-refractivity contribution in [1.29, 1.82) is 0 Å². The van der Waals surface area contributed by atoms with Crippen LogP contribution in [0.5, 0.6) is 0 Å². The summed E-state index contributed by atoms with van der Waals surface area (Å²) >= 11 is 0. The SMILES string of the molecule is C[C@]12CC=C3C(CC[C@@H]4C[C@@H](O)CC[C@]34C)C1CCC2=O. The molecule has 0 aliphatic heterocycles. The lowest BCUT2D eigenvalue weighted by Crippen LogP contribution is -2.48. The van der Waals surface area contributed by atoms with Crippen LogP contribution >= 0.6 is 0 Å². The van der Waals surface area contributed by atoms with E-state index in [4.69, 9.17) is 0 Å². The van der Waals surface area contributed by atoms with E-state index in [2.05, 4.69) is 19.9 Å². The summed E-state index contributed by atoms with van der Waals surface area (Å²) in [7, 11) is 0. The zero-order chi connectivity index (χ0) is 14.8. The number of ketones is 1. The third-order valence-electron chi connectivity index (χ3n) is 7.71. The fraction of sp³-hybridized carbons (Fsp3) is 0.842. The Morgan fingerprint density at radius 2 is 1.95 bits per heavy atom. The summed E-state index contributed by atoms with van der Waals surface area (Å²) in [5.41, 5.74) is 1.91.